The van der Waals surface area contributed by atoms with Crippen LogP contribution in [-0.4, -0.2) is 43.9 Å². The van der Waals surface area contributed by atoms with Crippen LogP contribution in [0.3, 0.4) is 0 Å². The van der Waals surface area contributed by atoms with Crippen molar-refractivity contribution >= 4 is 11.7 Å². The lowest BCUT2D eigenvalue weighted by Gasteiger charge is -2.58. The molecule has 7 atom stereocenters. The average molecular weight is 501 g/mol. The van der Waals surface area contributed by atoms with E-state index >= 15 is 0 Å². The Hall–Kier alpha value is -1.76. The maximum atomic E-state index is 13.5. The van der Waals surface area contributed by atoms with Gasteiger partial charge in [-0.15, -0.1) is 5.10 Å². The molecule has 3 aliphatic carbocycles. The minimum atomic E-state index is -0.517. The molecule has 2 N–H and O–H groups in total. The quantitative estimate of drug-likeness (QED) is 0.522. The van der Waals surface area contributed by atoms with Crippen LogP contribution in [0.1, 0.15) is 110 Å². The monoisotopic (exact) mass is 500 g/mol. The van der Waals surface area contributed by atoms with E-state index in [1.54, 1.807) is 0 Å². The Balaban J connectivity index is 1.45. The highest BCUT2D eigenvalue weighted by Gasteiger charge is 2.57. The fraction of sp³-hybridized carbons (Fsp3) is 0.862. The number of hydrogen-bond acceptors (Lipinski definition) is 5. The third-order valence-corrected chi connectivity index (χ3v) is 10.6. The summed E-state index contributed by atoms with van der Waals surface area (Å²) in [4.78, 5) is 27.1. The summed E-state index contributed by atoms with van der Waals surface area (Å²) in [7, 11) is 0. The van der Waals surface area contributed by atoms with Gasteiger partial charge in [-0.05, 0) is 92.8 Å². The first-order valence-corrected chi connectivity index (χ1v) is 14.4. The number of nitrogens with zero attached hydrogens (tertiary/aromatic N) is 3. The molecule has 0 aliphatic heterocycles. The molecular formula is C29H48N4O3. The Morgan fingerprint density at radius 2 is 1.86 bits per heavy atom. The van der Waals surface area contributed by atoms with Gasteiger partial charge in [-0.25, -0.2) is 0 Å². The largest absolute Gasteiger partial charge is 0.390 e. The summed E-state index contributed by atoms with van der Waals surface area (Å²) >= 11 is 0. The van der Waals surface area contributed by atoms with Crippen molar-refractivity contribution in [2.45, 2.75) is 111 Å². The Morgan fingerprint density at radius 3 is 2.56 bits per heavy atom. The molecule has 7 heteroatoms. The Bertz CT molecular complexity index is 954. The Labute approximate surface area is 217 Å². The molecule has 1 aromatic heterocycles. The van der Waals surface area contributed by atoms with Crippen LogP contribution in [-0.2, 0) is 11.3 Å². The smallest absolute Gasteiger partial charge is 0.273 e. The van der Waals surface area contributed by atoms with Crippen molar-refractivity contribution in [3.05, 3.63) is 11.9 Å². The predicted molar refractivity (Wildman–Crippen MR) is 140 cm³/mol. The third-order valence-electron chi connectivity index (χ3n) is 10.6. The van der Waals surface area contributed by atoms with Crippen molar-refractivity contribution in [1.29, 1.82) is 0 Å². The summed E-state index contributed by atoms with van der Waals surface area (Å²) in [6, 6.07) is 0. The van der Waals surface area contributed by atoms with Crippen molar-refractivity contribution < 1.29 is 14.7 Å². The van der Waals surface area contributed by atoms with Crippen molar-refractivity contribution in [2.75, 3.05) is 6.54 Å². The molecule has 202 valence electrons. The number of amides is 1. The number of hydrogen-bond donors (Lipinski definition) is 2. The minimum Gasteiger partial charge on any atom is -0.390 e. The third kappa shape index (κ3) is 5.01. The molecule has 0 spiro atoms. The van der Waals surface area contributed by atoms with Gasteiger partial charge in [-0.3, -0.25) is 9.59 Å². The van der Waals surface area contributed by atoms with E-state index in [2.05, 4.69) is 43.2 Å². The highest BCUT2D eigenvalue weighted by Crippen LogP contribution is 2.63. The number of aliphatic hydroxyl groups is 1. The van der Waals surface area contributed by atoms with Gasteiger partial charge in [0.15, 0.2) is 11.5 Å². The topological polar surface area (TPSA) is 97.1 Å². The normalized spacial score (nSPS) is 37.9. The lowest BCUT2D eigenvalue weighted by atomic mass is 9.47. The minimum absolute atomic E-state index is 0.0130. The fourth-order valence-corrected chi connectivity index (χ4v) is 8.61. The van der Waals surface area contributed by atoms with Gasteiger partial charge in [0.05, 0.1) is 11.8 Å². The molecule has 3 fully saturated rings. The highest BCUT2D eigenvalue weighted by molar-refractivity contribution is 5.91. The van der Waals surface area contributed by atoms with E-state index in [-0.39, 0.29) is 40.7 Å². The molecule has 7 nitrogen and oxygen atoms in total. The zero-order valence-electron chi connectivity index (χ0n) is 23.3. The van der Waals surface area contributed by atoms with Gasteiger partial charge in [-0.2, -0.15) is 9.90 Å². The predicted octanol–water partition coefficient (Wildman–Crippen LogP) is 5.03. The van der Waals surface area contributed by atoms with Crippen LogP contribution in [0.25, 0.3) is 0 Å². The summed E-state index contributed by atoms with van der Waals surface area (Å²) in [5.41, 5.74) is -0.0444. The second-order valence-electron chi connectivity index (χ2n) is 13.2. The zero-order valence-corrected chi connectivity index (χ0v) is 23.3. The van der Waals surface area contributed by atoms with Crippen LogP contribution in [0.15, 0.2) is 6.20 Å². The molecule has 1 heterocycles. The highest BCUT2D eigenvalue weighted by atomic mass is 16.3. The molecule has 3 saturated carbocycles. The van der Waals surface area contributed by atoms with E-state index in [1.807, 2.05) is 13.8 Å². The number of nitrogens with one attached hydrogen (secondary N) is 1. The van der Waals surface area contributed by atoms with Gasteiger partial charge >= 0.3 is 0 Å². The number of fused-ring (bicyclic) bond motifs is 1. The number of ketones is 1. The molecule has 36 heavy (non-hydrogen) atoms. The molecule has 0 bridgehead atoms. The van der Waals surface area contributed by atoms with E-state index in [4.69, 9.17) is 0 Å². The average Bonchev–Trinajstić information content (AvgIpc) is 3.40. The summed E-state index contributed by atoms with van der Waals surface area (Å²) in [6.07, 6.45) is 10.8. The van der Waals surface area contributed by atoms with E-state index in [1.165, 1.54) is 30.3 Å². The van der Waals surface area contributed by atoms with Crippen LogP contribution < -0.4 is 5.32 Å². The van der Waals surface area contributed by atoms with Gasteiger partial charge in [0.25, 0.3) is 5.91 Å². The van der Waals surface area contributed by atoms with Crippen LogP contribution in [0.2, 0.25) is 0 Å². The molecule has 0 aromatic carbocycles. The summed E-state index contributed by atoms with van der Waals surface area (Å²) in [5, 5.41) is 22.1. The van der Waals surface area contributed by atoms with Crippen molar-refractivity contribution in [3.63, 3.8) is 0 Å². The van der Waals surface area contributed by atoms with Crippen LogP contribution in [0.4, 0.5) is 0 Å². The Morgan fingerprint density at radius 1 is 1.11 bits per heavy atom. The second kappa shape index (κ2) is 10.2. The number of carbonyl (C=O) groups excluding carboxylic acids is 2. The number of Topliss-reactive ketones (excluding diaryl/α,β-unsaturated/α-hetero) is 1. The standard InChI is InChI=1S/C29H48N4O3/c1-7-15-30-26(35)24-17-31-33(32-24)18-25(34)23-12-11-22(27(23,3)4)20-10-9-19-16-28(5,36)13-14-29(19,6)21(20)8-2/h17,19-23,36H,7-16,18H2,1-6H3,(H,30,35)/t19-,20-,21+,22+,23-,28-,29+/m1/s1. The SMILES string of the molecule is CCCNC(=O)c1cnn(CC(=O)[C@H]2CC[C@@H]([C@@H]3CC[C@@H]4C[C@](C)(O)CC[C@]4(C)[C@H]3CC)C2(C)C)n1. The van der Waals surface area contributed by atoms with E-state index in [0.29, 0.717) is 30.2 Å². The van der Waals surface area contributed by atoms with Gasteiger partial charge in [-0.1, -0.05) is 41.0 Å². The first-order chi connectivity index (χ1) is 16.9. The van der Waals surface area contributed by atoms with E-state index in [9.17, 15) is 14.7 Å². The molecule has 0 radical (unpaired) electrons. The van der Waals surface area contributed by atoms with E-state index < -0.39 is 5.60 Å². The van der Waals surface area contributed by atoms with Crippen LogP contribution >= 0.6 is 0 Å². The van der Waals surface area contributed by atoms with Crippen molar-refractivity contribution in [3.8, 4) is 0 Å². The first-order valence-electron chi connectivity index (χ1n) is 14.4. The van der Waals surface area contributed by atoms with Gasteiger partial charge in [0.1, 0.15) is 6.54 Å². The first kappa shape index (κ1) is 27.3. The lowest BCUT2D eigenvalue weighted by Crippen LogP contribution is -2.53. The van der Waals surface area contributed by atoms with Gasteiger partial charge in [0.2, 0.25) is 0 Å². The molecule has 1 amide bonds. The van der Waals surface area contributed by atoms with Crippen molar-refractivity contribution in [1.82, 2.24) is 20.3 Å². The molecule has 0 unspecified atom stereocenters. The van der Waals surface area contributed by atoms with Gasteiger partial charge in [0, 0.05) is 12.5 Å². The van der Waals surface area contributed by atoms with Crippen molar-refractivity contribution in [2.24, 2.45) is 40.4 Å². The molecule has 1 aromatic rings. The summed E-state index contributed by atoms with van der Waals surface area (Å²) in [6.45, 7) is 14.2. The fourth-order valence-electron chi connectivity index (χ4n) is 8.61. The molecule has 4 rings (SSSR count). The summed E-state index contributed by atoms with van der Waals surface area (Å²) in [5.74, 6) is 2.32. The lowest BCUT2D eigenvalue weighted by molar-refractivity contribution is -0.133. The van der Waals surface area contributed by atoms with Gasteiger partial charge < -0.3 is 10.4 Å². The number of carbonyl (C=O) groups is 2. The summed E-state index contributed by atoms with van der Waals surface area (Å²) < 4.78 is 0. The molecular weight excluding hydrogens is 452 g/mol. The maximum Gasteiger partial charge on any atom is 0.273 e. The zero-order chi connectivity index (χ0) is 26.3. The molecule has 0 saturated heterocycles. The molecule has 3 aliphatic rings. The maximum absolute atomic E-state index is 13.5. The second-order valence-corrected chi connectivity index (χ2v) is 13.2. The van der Waals surface area contributed by atoms with Crippen LogP contribution in [0.5, 0.6) is 0 Å². The number of aromatic nitrogens is 3. The van der Waals surface area contributed by atoms with E-state index in [0.717, 1.165) is 38.5 Å². The number of rotatable bonds is 8. The van der Waals surface area contributed by atoms with Crippen LogP contribution in [0, 0.1) is 40.4 Å². The Kier molecular flexibility index (Phi) is 7.72.